The van der Waals surface area contributed by atoms with Crippen molar-refractivity contribution in [3.63, 3.8) is 0 Å². The highest BCUT2D eigenvalue weighted by Crippen LogP contribution is 2.33. The van der Waals surface area contributed by atoms with Gasteiger partial charge in [-0.15, -0.1) is 0 Å². The van der Waals surface area contributed by atoms with Crippen LogP contribution in [-0.2, 0) is 0 Å². The van der Waals surface area contributed by atoms with E-state index in [-0.39, 0.29) is 22.8 Å². The Kier molecular flexibility index (Phi) is 4.36. The highest BCUT2D eigenvalue weighted by Gasteiger charge is 2.20. The van der Waals surface area contributed by atoms with Crippen LogP contribution in [0.25, 0.3) is 0 Å². The van der Waals surface area contributed by atoms with Gasteiger partial charge in [0.15, 0.2) is 17.3 Å². The Morgan fingerprint density at radius 3 is 2.32 bits per heavy atom. The number of furan rings is 1. The lowest BCUT2D eigenvalue weighted by atomic mass is 10.1. The number of carbonyl (C=O) groups is 2. The predicted molar refractivity (Wildman–Crippen MR) is 77.9 cm³/mol. The van der Waals surface area contributed by atoms with Gasteiger partial charge in [-0.3, -0.25) is 4.79 Å². The van der Waals surface area contributed by atoms with Crippen molar-refractivity contribution in [1.29, 1.82) is 0 Å². The summed E-state index contributed by atoms with van der Waals surface area (Å²) in [6, 6.07) is 4.31. The van der Waals surface area contributed by atoms with Gasteiger partial charge in [0.05, 0.1) is 31.7 Å². The molecule has 0 saturated carbocycles. The minimum atomic E-state index is -1.20. The fourth-order valence-corrected chi connectivity index (χ4v) is 1.94. The summed E-state index contributed by atoms with van der Waals surface area (Å²) in [5.41, 5.74) is 0.621. The summed E-state index contributed by atoms with van der Waals surface area (Å²) < 4.78 is 15.3. The van der Waals surface area contributed by atoms with Crippen molar-refractivity contribution >= 4 is 17.6 Å². The SMILES string of the molecule is COc1cc(NC(=O)c2occc2C)c(C(=O)O)cc1OC. The smallest absolute Gasteiger partial charge is 0.337 e. The zero-order chi connectivity index (χ0) is 16.3. The minimum absolute atomic E-state index is 0.0888. The molecule has 22 heavy (non-hydrogen) atoms. The monoisotopic (exact) mass is 305 g/mol. The molecule has 0 bridgehead atoms. The van der Waals surface area contributed by atoms with Crippen LogP contribution in [0, 0.1) is 6.92 Å². The first kappa shape index (κ1) is 15.4. The molecule has 0 fully saturated rings. The van der Waals surface area contributed by atoms with Crippen LogP contribution in [0.3, 0.4) is 0 Å². The largest absolute Gasteiger partial charge is 0.493 e. The second-order valence-electron chi connectivity index (χ2n) is 4.44. The van der Waals surface area contributed by atoms with E-state index in [1.54, 1.807) is 13.0 Å². The molecule has 2 rings (SSSR count). The van der Waals surface area contributed by atoms with Crippen LogP contribution in [-0.4, -0.2) is 31.2 Å². The molecule has 2 N–H and O–H groups in total. The fourth-order valence-electron chi connectivity index (χ4n) is 1.94. The number of anilines is 1. The van der Waals surface area contributed by atoms with Gasteiger partial charge in [0.1, 0.15) is 0 Å². The van der Waals surface area contributed by atoms with Crippen molar-refractivity contribution in [2.75, 3.05) is 19.5 Å². The zero-order valence-corrected chi connectivity index (χ0v) is 12.3. The summed E-state index contributed by atoms with van der Waals surface area (Å²) in [6.45, 7) is 1.71. The van der Waals surface area contributed by atoms with Gasteiger partial charge in [-0.2, -0.15) is 0 Å². The topological polar surface area (TPSA) is 98.0 Å². The molecule has 0 unspecified atom stereocenters. The van der Waals surface area contributed by atoms with Crippen LogP contribution >= 0.6 is 0 Å². The van der Waals surface area contributed by atoms with Crippen molar-refractivity contribution in [3.8, 4) is 11.5 Å². The number of aryl methyl sites for hydroxylation is 1. The lowest BCUT2D eigenvalue weighted by Crippen LogP contribution is -2.15. The summed E-state index contributed by atoms with van der Waals surface area (Å²) in [4.78, 5) is 23.5. The highest BCUT2D eigenvalue weighted by atomic mass is 16.5. The molecule has 0 aliphatic rings. The third-order valence-electron chi connectivity index (χ3n) is 3.07. The van der Waals surface area contributed by atoms with Crippen molar-refractivity contribution in [2.24, 2.45) is 0 Å². The molecule has 1 aromatic heterocycles. The number of carboxylic acids is 1. The van der Waals surface area contributed by atoms with Crippen LogP contribution in [0.5, 0.6) is 11.5 Å². The van der Waals surface area contributed by atoms with E-state index in [1.807, 2.05) is 0 Å². The molecule has 1 heterocycles. The first-order chi connectivity index (χ1) is 10.5. The molecule has 116 valence electrons. The Balaban J connectivity index is 2.43. The molecule has 1 amide bonds. The molecule has 0 atom stereocenters. The molecule has 2 aromatic rings. The van der Waals surface area contributed by atoms with E-state index >= 15 is 0 Å². The maximum Gasteiger partial charge on any atom is 0.337 e. The van der Waals surface area contributed by atoms with Gasteiger partial charge in [-0.25, -0.2) is 4.79 Å². The third-order valence-corrected chi connectivity index (χ3v) is 3.07. The van der Waals surface area contributed by atoms with Crippen LogP contribution in [0.2, 0.25) is 0 Å². The average Bonchev–Trinajstić information content (AvgIpc) is 2.92. The minimum Gasteiger partial charge on any atom is -0.493 e. The quantitative estimate of drug-likeness (QED) is 0.881. The van der Waals surface area contributed by atoms with E-state index in [9.17, 15) is 14.7 Å². The fraction of sp³-hybridized carbons (Fsp3) is 0.200. The van der Waals surface area contributed by atoms with E-state index in [4.69, 9.17) is 13.9 Å². The van der Waals surface area contributed by atoms with Crippen LogP contribution in [0.1, 0.15) is 26.5 Å². The molecule has 7 nitrogen and oxygen atoms in total. The van der Waals surface area contributed by atoms with E-state index in [0.717, 1.165) is 0 Å². The average molecular weight is 305 g/mol. The Labute approximate surface area is 126 Å². The number of rotatable bonds is 5. The van der Waals surface area contributed by atoms with E-state index in [1.165, 1.54) is 32.6 Å². The van der Waals surface area contributed by atoms with E-state index in [2.05, 4.69) is 5.32 Å². The summed E-state index contributed by atoms with van der Waals surface area (Å²) in [7, 11) is 2.81. The number of hydrogen-bond donors (Lipinski definition) is 2. The lowest BCUT2D eigenvalue weighted by molar-refractivity contribution is 0.0697. The van der Waals surface area contributed by atoms with Crippen molar-refractivity contribution in [1.82, 2.24) is 0 Å². The van der Waals surface area contributed by atoms with Gasteiger partial charge in [-0.1, -0.05) is 0 Å². The molecular formula is C15H15NO6. The molecule has 0 saturated heterocycles. The summed E-state index contributed by atoms with van der Waals surface area (Å²) in [5.74, 6) is -1.07. The number of ether oxygens (including phenoxy) is 2. The van der Waals surface area contributed by atoms with Crippen LogP contribution in [0.4, 0.5) is 5.69 Å². The predicted octanol–water partition coefficient (Wildman–Crippen LogP) is 2.56. The van der Waals surface area contributed by atoms with Crippen molar-refractivity contribution in [2.45, 2.75) is 6.92 Å². The molecule has 0 aliphatic carbocycles. The maximum atomic E-state index is 12.2. The summed E-state index contributed by atoms with van der Waals surface area (Å²) in [6.07, 6.45) is 1.39. The number of nitrogens with one attached hydrogen (secondary N) is 1. The van der Waals surface area contributed by atoms with Crippen molar-refractivity contribution in [3.05, 3.63) is 41.3 Å². The lowest BCUT2D eigenvalue weighted by Gasteiger charge is -2.13. The number of amides is 1. The Hall–Kier alpha value is -2.96. The number of benzene rings is 1. The second kappa shape index (κ2) is 6.21. The summed E-state index contributed by atoms with van der Waals surface area (Å²) >= 11 is 0. The van der Waals surface area contributed by atoms with Gasteiger partial charge in [-0.05, 0) is 13.0 Å². The standard InChI is InChI=1S/C15H15NO6/c1-8-4-5-22-13(8)14(17)16-10-7-12(21-3)11(20-2)6-9(10)15(18)19/h4-7H,1-3H3,(H,16,17)(H,18,19). The normalized spacial score (nSPS) is 10.1. The first-order valence-electron chi connectivity index (χ1n) is 6.32. The summed E-state index contributed by atoms with van der Waals surface area (Å²) in [5, 5.41) is 11.8. The molecule has 1 aromatic carbocycles. The third kappa shape index (κ3) is 2.88. The molecular weight excluding hydrogens is 290 g/mol. The first-order valence-corrected chi connectivity index (χ1v) is 6.32. The maximum absolute atomic E-state index is 12.2. The zero-order valence-electron chi connectivity index (χ0n) is 12.3. The van der Waals surface area contributed by atoms with Crippen molar-refractivity contribution < 1.29 is 28.6 Å². The van der Waals surface area contributed by atoms with Gasteiger partial charge in [0.25, 0.3) is 5.91 Å². The second-order valence-corrected chi connectivity index (χ2v) is 4.44. The molecule has 0 aliphatic heterocycles. The Morgan fingerprint density at radius 2 is 1.82 bits per heavy atom. The molecule has 0 radical (unpaired) electrons. The van der Waals surface area contributed by atoms with Gasteiger partial charge in [0.2, 0.25) is 0 Å². The molecule has 0 spiro atoms. The molecule has 7 heteroatoms. The van der Waals surface area contributed by atoms with Gasteiger partial charge in [0, 0.05) is 17.7 Å². The van der Waals surface area contributed by atoms with E-state index < -0.39 is 11.9 Å². The highest BCUT2D eigenvalue weighted by molar-refractivity contribution is 6.07. The van der Waals surface area contributed by atoms with E-state index in [0.29, 0.717) is 11.3 Å². The van der Waals surface area contributed by atoms with Gasteiger partial charge < -0.3 is 24.3 Å². The number of carboxylic acid groups (broad SMARTS) is 1. The van der Waals surface area contributed by atoms with Crippen LogP contribution < -0.4 is 14.8 Å². The number of methoxy groups -OCH3 is 2. The number of aromatic carboxylic acids is 1. The van der Waals surface area contributed by atoms with Gasteiger partial charge >= 0.3 is 5.97 Å². The number of carbonyl (C=O) groups excluding carboxylic acids is 1. The van der Waals surface area contributed by atoms with Crippen LogP contribution in [0.15, 0.2) is 28.9 Å². The Morgan fingerprint density at radius 1 is 1.18 bits per heavy atom. The number of hydrogen-bond acceptors (Lipinski definition) is 5. The Bertz CT molecular complexity index is 719.